The Bertz CT molecular complexity index is 2450. The predicted molar refractivity (Wildman–Crippen MR) is 248 cm³/mol. The number of benzene rings is 3. The molecule has 3 saturated heterocycles. The molecular formula is C50H66N2O19. The van der Waals surface area contributed by atoms with Crippen molar-refractivity contribution in [2.45, 2.75) is 179 Å². The van der Waals surface area contributed by atoms with Gasteiger partial charge in [-0.1, -0.05) is 31.5 Å². The highest BCUT2D eigenvalue weighted by Crippen LogP contribution is 2.49. The topological polar surface area (TPSA) is 312 Å². The number of hydrogen-bond acceptors (Lipinski definition) is 21. The number of azo groups is 1. The molecule has 3 aliphatic heterocycles. The SMILES string of the molecule is CO[C@H](C(=O)[C@@H](O)[C@@H](C)O)[C@@H]1Cc2cc3c(N=Nc4ccc(C)cc4)c(O)cc(O)c3c(O)c2C(=O)[C@H]1O[C@H]1C[C@@H](O[C@H]2C[C@@H](O[C@H]3C[C@](C)(O)[C@@H](OC(=O)C(C)C)[C@H](C)O3)[C@H](O)[C@@H](C)O2)[C@H](O)[C@@H](C)O1. The Kier molecular flexibility index (Phi) is 16.6. The molecule has 3 aromatic carbocycles. The summed E-state index contributed by atoms with van der Waals surface area (Å²) in [4.78, 5) is 41.1. The van der Waals surface area contributed by atoms with E-state index in [0.29, 0.717) is 5.69 Å². The number of phenols is 3. The number of fused-ring (bicyclic) bond motifs is 2. The minimum atomic E-state index is -1.94. The van der Waals surface area contributed by atoms with Gasteiger partial charge in [-0.3, -0.25) is 14.4 Å². The molecular weight excluding hydrogens is 933 g/mol. The molecule has 71 heavy (non-hydrogen) atoms. The van der Waals surface area contributed by atoms with Crippen molar-refractivity contribution in [1.82, 2.24) is 0 Å². The van der Waals surface area contributed by atoms with Crippen LogP contribution >= 0.6 is 0 Å². The quantitative estimate of drug-likeness (QED) is 0.0789. The maximum Gasteiger partial charge on any atom is 0.308 e. The lowest BCUT2D eigenvalue weighted by atomic mass is 9.75. The van der Waals surface area contributed by atoms with Crippen LogP contribution in [-0.4, -0.2) is 163 Å². The zero-order valence-corrected chi connectivity index (χ0v) is 41.1. The number of ether oxygens (including phenoxy) is 8. The number of aromatic hydroxyl groups is 3. The Labute approximate surface area is 410 Å². The standard InChI is InChI=1S/C50H66N2O19/c1-20(2)49(62)71-48-25(7)67-36(19-50(48,8)63)69-33-17-34(65-23(5)42(33)58)68-32-18-35(66-24(6)41(32)57)70-47-29(46(64-9)45(61)40(56)22(4)53)15-26-14-28-38(43(59)37(26)44(47)60)30(54)16-31(55)39(28)52-51-27-12-10-21(3)11-13-27/h10-14,16,20,22-25,29,32-36,40-42,46-48,53-59,63H,15,17-19H2,1-9H3/t22-,23-,24-,25+,29+,32-,33-,34+,35+,36+,40+,41-,42-,46+,47+,48+,50+/m1/s1. The highest BCUT2D eigenvalue weighted by Gasteiger charge is 2.52. The van der Waals surface area contributed by atoms with E-state index in [1.54, 1.807) is 39.8 Å². The number of esters is 1. The number of hydrogen-bond donors (Lipinski definition) is 8. The van der Waals surface area contributed by atoms with Gasteiger partial charge in [-0.05, 0) is 71.7 Å². The van der Waals surface area contributed by atoms with Crippen LogP contribution in [0.2, 0.25) is 0 Å². The van der Waals surface area contributed by atoms with E-state index in [-0.39, 0.29) is 53.3 Å². The highest BCUT2D eigenvalue weighted by molar-refractivity contribution is 6.13. The normalized spacial score (nSPS) is 33.7. The first-order valence-electron chi connectivity index (χ1n) is 23.8. The van der Waals surface area contributed by atoms with Crippen LogP contribution in [0.15, 0.2) is 46.6 Å². The third-order valence-corrected chi connectivity index (χ3v) is 13.7. The Morgan fingerprint density at radius 1 is 0.817 bits per heavy atom. The molecule has 0 spiro atoms. The van der Waals surface area contributed by atoms with E-state index >= 15 is 0 Å². The summed E-state index contributed by atoms with van der Waals surface area (Å²) in [5.74, 6) is -5.84. The van der Waals surface area contributed by atoms with Gasteiger partial charge in [0.2, 0.25) is 0 Å². The van der Waals surface area contributed by atoms with E-state index in [2.05, 4.69) is 10.2 Å². The summed E-state index contributed by atoms with van der Waals surface area (Å²) < 4.78 is 48.3. The first kappa shape index (κ1) is 54.0. The Morgan fingerprint density at radius 2 is 1.39 bits per heavy atom. The molecule has 3 heterocycles. The number of carbonyl (C=O) groups is 3. The molecule has 4 aliphatic rings. The summed E-state index contributed by atoms with van der Waals surface area (Å²) in [6.45, 7) is 12.7. The summed E-state index contributed by atoms with van der Waals surface area (Å²) in [7, 11) is 1.18. The van der Waals surface area contributed by atoms with E-state index in [4.69, 9.17) is 37.9 Å². The number of methoxy groups -OCH3 is 1. The third kappa shape index (κ3) is 11.4. The van der Waals surface area contributed by atoms with E-state index in [0.717, 1.165) is 11.6 Å². The Hall–Kier alpha value is -4.75. The molecule has 1 aliphatic carbocycles. The Balaban J connectivity index is 1.15. The number of aliphatic hydroxyl groups is 5. The lowest BCUT2D eigenvalue weighted by Crippen LogP contribution is -2.59. The van der Waals surface area contributed by atoms with Crippen molar-refractivity contribution in [2.75, 3.05) is 7.11 Å². The molecule has 0 saturated carbocycles. The second kappa shape index (κ2) is 21.8. The lowest BCUT2D eigenvalue weighted by Gasteiger charge is -2.47. The van der Waals surface area contributed by atoms with Crippen LogP contribution in [0, 0.1) is 18.8 Å². The molecule has 390 valence electrons. The Morgan fingerprint density at radius 3 is 1.96 bits per heavy atom. The van der Waals surface area contributed by atoms with E-state index < -0.39 is 144 Å². The second-order valence-electron chi connectivity index (χ2n) is 19.7. The van der Waals surface area contributed by atoms with Crippen LogP contribution in [-0.2, 0) is 53.9 Å². The zero-order valence-electron chi connectivity index (χ0n) is 41.1. The summed E-state index contributed by atoms with van der Waals surface area (Å²) >= 11 is 0. The first-order valence-corrected chi connectivity index (χ1v) is 23.8. The number of nitrogens with zero attached hydrogens (tertiary/aromatic N) is 2. The van der Waals surface area contributed by atoms with Gasteiger partial charge in [0.05, 0.1) is 59.2 Å². The van der Waals surface area contributed by atoms with Crippen molar-refractivity contribution >= 4 is 39.7 Å². The average Bonchev–Trinajstić information content (AvgIpc) is 3.29. The molecule has 7 rings (SSSR count). The van der Waals surface area contributed by atoms with Crippen molar-refractivity contribution < 1.29 is 93.1 Å². The molecule has 0 radical (unpaired) electrons. The number of aliphatic hydroxyl groups excluding tert-OH is 4. The average molecular weight is 999 g/mol. The fraction of sp³-hybridized carbons (Fsp3) is 0.620. The van der Waals surface area contributed by atoms with Gasteiger partial charge >= 0.3 is 5.97 Å². The molecule has 0 aromatic heterocycles. The second-order valence-corrected chi connectivity index (χ2v) is 19.7. The van der Waals surface area contributed by atoms with Gasteiger partial charge in [0, 0.05) is 43.7 Å². The van der Waals surface area contributed by atoms with E-state index in [1.807, 2.05) is 19.1 Å². The number of rotatable bonds is 15. The van der Waals surface area contributed by atoms with Gasteiger partial charge in [-0.2, -0.15) is 5.11 Å². The summed E-state index contributed by atoms with van der Waals surface area (Å²) in [6.07, 6.45) is -19.0. The van der Waals surface area contributed by atoms with Crippen LogP contribution in [0.4, 0.5) is 11.4 Å². The molecule has 8 N–H and O–H groups in total. The van der Waals surface area contributed by atoms with E-state index in [1.165, 1.54) is 33.9 Å². The molecule has 21 nitrogen and oxygen atoms in total. The smallest absolute Gasteiger partial charge is 0.308 e. The molecule has 0 amide bonds. The molecule has 0 unspecified atom stereocenters. The van der Waals surface area contributed by atoms with Gasteiger partial charge in [0.25, 0.3) is 0 Å². The largest absolute Gasteiger partial charge is 0.507 e. The van der Waals surface area contributed by atoms with Crippen LogP contribution < -0.4 is 0 Å². The summed E-state index contributed by atoms with van der Waals surface area (Å²) in [5, 5.41) is 97.2. The van der Waals surface area contributed by atoms with Crippen LogP contribution in [0.25, 0.3) is 10.8 Å². The number of aryl methyl sites for hydroxylation is 1. The van der Waals surface area contributed by atoms with Crippen molar-refractivity contribution in [2.24, 2.45) is 22.1 Å². The number of ketones is 2. The number of carbonyl (C=O) groups excluding carboxylic acids is 3. The van der Waals surface area contributed by atoms with Crippen molar-refractivity contribution in [3.05, 3.63) is 53.1 Å². The third-order valence-electron chi connectivity index (χ3n) is 13.7. The van der Waals surface area contributed by atoms with Gasteiger partial charge in [0.15, 0.2) is 36.5 Å². The maximum absolute atomic E-state index is 14.9. The van der Waals surface area contributed by atoms with Gasteiger partial charge in [-0.25, -0.2) is 0 Å². The number of Topliss-reactive ketones (excluding diaryl/α,β-unsaturated/α-hetero) is 2. The lowest BCUT2D eigenvalue weighted by molar-refractivity contribution is -0.334. The molecule has 3 fully saturated rings. The molecule has 0 bridgehead atoms. The van der Waals surface area contributed by atoms with Crippen LogP contribution in [0.3, 0.4) is 0 Å². The van der Waals surface area contributed by atoms with Crippen molar-refractivity contribution in [3.63, 3.8) is 0 Å². The zero-order chi connectivity index (χ0) is 52.0. The minimum Gasteiger partial charge on any atom is -0.507 e. The van der Waals surface area contributed by atoms with Gasteiger partial charge < -0.3 is 78.7 Å². The van der Waals surface area contributed by atoms with Crippen LogP contribution in [0.1, 0.15) is 89.2 Å². The minimum absolute atomic E-state index is 0.00777. The van der Waals surface area contributed by atoms with Crippen molar-refractivity contribution in [1.29, 1.82) is 0 Å². The van der Waals surface area contributed by atoms with Crippen LogP contribution in [0.5, 0.6) is 17.2 Å². The van der Waals surface area contributed by atoms with Gasteiger partial charge in [-0.15, -0.1) is 5.11 Å². The molecule has 21 heteroatoms. The number of phenolic OH excluding ortho intramolecular Hbond substituents is 3. The predicted octanol–water partition coefficient (Wildman–Crippen LogP) is 3.96. The highest BCUT2D eigenvalue weighted by atomic mass is 16.7. The fourth-order valence-corrected chi connectivity index (χ4v) is 9.77. The molecule has 17 atom stereocenters. The summed E-state index contributed by atoms with van der Waals surface area (Å²) in [5.41, 5.74) is -0.460. The van der Waals surface area contributed by atoms with Crippen molar-refractivity contribution in [3.8, 4) is 17.2 Å². The maximum atomic E-state index is 14.9. The fourth-order valence-electron chi connectivity index (χ4n) is 9.77. The monoisotopic (exact) mass is 998 g/mol. The van der Waals surface area contributed by atoms with E-state index in [9.17, 15) is 55.2 Å². The van der Waals surface area contributed by atoms with Gasteiger partial charge in [0.1, 0.15) is 59.1 Å². The first-order chi connectivity index (χ1) is 33.4. The molecule has 3 aromatic rings. The summed E-state index contributed by atoms with van der Waals surface area (Å²) in [6, 6.07) is 9.38.